The molecule has 0 fully saturated rings. The van der Waals surface area contributed by atoms with Gasteiger partial charge < -0.3 is 9.51 Å². The summed E-state index contributed by atoms with van der Waals surface area (Å²) in [6.07, 6.45) is 2.69. The summed E-state index contributed by atoms with van der Waals surface area (Å²) in [6, 6.07) is 9.53. The van der Waals surface area contributed by atoms with E-state index >= 15 is 0 Å². The van der Waals surface area contributed by atoms with Gasteiger partial charge in [0, 0.05) is 30.8 Å². The number of rotatable bonds is 10. The van der Waals surface area contributed by atoms with Crippen LogP contribution in [-0.2, 0) is 16.6 Å². The second-order valence-corrected chi connectivity index (χ2v) is 8.31. The largest absolute Gasteiger partial charge is 1.00 e. The molecule has 0 saturated heterocycles. The van der Waals surface area contributed by atoms with Gasteiger partial charge in [-0.15, -0.1) is 5.11 Å². The minimum atomic E-state index is -4.26. The molecule has 3 aromatic rings. The van der Waals surface area contributed by atoms with Crippen LogP contribution < -0.4 is 57.0 Å². The third-order valence-electron chi connectivity index (χ3n) is 4.36. The van der Waals surface area contributed by atoms with Crippen molar-refractivity contribution in [3.05, 3.63) is 85.5 Å². The first-order chi connectivity index (χ1) is 16.2. The van der Waals surface area contributed by atoms with Crippen LogP contribution in [-0.4, -0.2) is 32.7 Å². The van der Waals surface area contributed by atoms with E-state index in [4.69, 9.17) is 0 Å². The fraction of sp³-hybridized carbons (Fsp3) is 0.222. The van der Waals surface area contributed by atoms with Crippen molar-refractivity contribution in [3.8, 4) is 0 Å². The fourth-order valence-electron chi connectivity index (χ4n) is 2.61. The zero-order valence-corrected chi connectivity index (χ0v) is 22.6. The molecule has 178 valence electrons. The molecule has 0 unspecified atom stereocenters. The molecule has 0 bridgehead atoms. The van der Waals surface area contributed by atoms with Gasteiger partial charge in [0.25, 0.3) is 11.4 Å². The van der Waals surface area contributed by atoms with Crippen molar-refractivity contribution in [2.45, 2.75) is 31.2 Å². The summed E-state index contributed by atoms with van der Waals surface area (Å²) < 4.78 is 27.7. The number of unbranched alkanes of at least 4 members (excludes halogenated alkanes) is 1. The van der Waals surface area contributed by atoms with Gasteiger partial charge in [-0.2, -0.15) is 5.10 Å². The Labute approximate surface area is 241 Å². The van der Waals surface area contributed by atoms with Gasteiger partial charge in [-0.05, 0) is 35.9 Å². The standard InChI is InChI=1S/C18H18N9O6S.K/c1-2-3-12-24-18(21-22-20-14-4-6-15(7-5-14)26(28)29)25(13-19-24)23-34(32,33)17-10-8-16(9-11-17)27(30)31;/h4-11,13H,2-3,12H2,1H3;/q-1;+1. The molecule has 15 nitrogen and oxygen atoms in total. The number of sulfonamides is 1. The molecule has 1 heterocycles. The number of nitrogens with zero attached hydrogens (tertiary/aromatic N) is 9. The van der Waals surface area contributed by atoms with Crippen LogP contribution in [0.4, 0.5) is 17.1 Å². The molecule has 0 aliphatic heterocycles. The van der Waals surface area contributed by atoms with Gasteiger partial charge in [0.2, 0.25) is 5.62 Å². The van der Waals surface area contributed by atoms with Gasteiger partial charge in [0.15, 0.2) is 0 Å². The van der Waals surface area contributed by atoms with Gasteiger partial charge >= 0.3 is 51.4 Å². The molecule has 0 aliphatic rings. The molecule has 17 heteroatoms. The number of aromatic nitrogens is 3. The van der Waals surface area contributed by atoms with Crippen molar-refractivity contribution >= 4 is 27.1 Å². The summed E-state index contributed by atoms with van der Waals surface area (Å²) in [5.74, 6) is 0. The average molecular weight is 528 g/mol. The maximum atomic E-state index is 12.7. The van der Waals surface area contributed by atoms with Crippen LogP contribution >= 0.6 is 0 Å². The summed E-state index contributed by atoms with van der Waals surface area (Å²) in [6.45, 7) is 2.37. The Balaban J connectivity index is 0.00000432. The first kappa shape index (κ1) is 28.4. The molecule has 0 amide bonds. The third kappa shape index (κ3) is 7.57. The second-order valence-electron chi connectivity index (χ2n) is 6.72. The molecular formula is C18H18KN9O6S. The van der Waals surface area contributed by atoms with Crippen LogP contribution in [0.3, 0.4) is 0 Å². The maximum absolute atomic E-state index is 12.7. The SMILES string of the molecule is CCCCn1ncn([N-]S(=O)(=O)c2ccc([N+](=O)[O-])cc2)c1=NN=Nc1ccc([N+](=O)[O-])cc1.[K+]. The van der Waals surface area contributed by atoms with Crippen molar-refractivity contribution in [2.24, 2.45) is 15.4 Å². The monoisotopic (exact) mass is 527 g/mol. The Kier molecular flexibility index (Phi) is 10.3. The quantitative estimate of drug-likeness (QED) is 0.158. The predicted octanol–water partition coefficient (Wildman–Crippen LogP) is 0.430. The van der Waals surface area contributed by atoms with E-state index in [1.807, 2.05) is 6.92 Å². The zero-order valence-electron chi connectivity index (χ0n) is 18.7. The van der Waals surface area contributed by atoms with Crippen LogP contribution in [0.5, 0.6) is 0 Å². The van der Waals surface area contributed by atoms with Gasteiger partial charge in [-0.25, -0.2) is 13.1 Å². The van der Waals surface area contributed by atoms with Crippen molar-refractivity contribution in [3.63, 3.8) is 0 Å². The first-order valence-electron chi connectivity index (χ1n) is 9.77. The summed E-state index contributed by atoms with van der Waals surface area (Å²) in [5, 5.41) is 37.1. The van der Waals surface area contributed by atoms with E-state index in [9.17, 15) is 28.6 Å². The van der Waals surface area contributed by atoms with Gasteiger partial charge in [0.05, 0.1) is 20.4 Å². The predicted molar refractivity (Wildman–Crippen MR) is 117 cm³/mol. The summed E-state index contributed by atoms with van der Waals surface area (Å²) in [5.41, 5.74) is -0.122. The number of hydrogen-bond donors (Lipinski definition) is 0. The van der Waals surface area contributed by atoms with E-state index in [0.29, 0.717) is 6.54 Å². The molecule has 3 rings (SSSR count). The summed E-state index contributed by atoms with van der Waals surface area (Å²) in [4.78, 5) is 23.8. The molecule has 0 saturated carbocycles. The Bertz CT molecular complexity index is 1380. The summed E-state index contributed by atoms with van der Waals surface area (Å²) in [7, 11) is -4.26. The van der Waals surface area contributed by atoms with Gasteiger partial charge in [-0.3, -0.25) is 20.2 Å². The number of benzene rings is 2. The number of non-ortho nitro benzene ring substituents is 2. The molecule has 0 N–H and O–H groups in total. The van der Waals surface area contributed by atoms with E-state index in [1.54, 1.807) is 0 Å². The summed E-state index contributed by atoms with van der Waals surface area (Å²) >= 11 is 0. The maximum Gasteiger partial charge on any atom is 1.00 e. The van der Waals surface area contributed by atoms with Crippen molar-refractivity contribution in [2.75, 3.05) is 0 Å². The van der Waals surface area contributed by atoms with Crippen molar-refractivity contribution in [1.82, 2.24) is 14.5 Å². The second kappa shape index (κ2) is 12.7. The number of nitro benzene ring substituents is 2. The number of nitro groups is 2. The Morgan fingerprint density at radius 2 is 1.57 bits per heavy atom. The average Bonchev–Trinajstić information content (AvgIpc) is 3.18. The van der Waals surface area contributed by atoms with Gasteiger partial charge in [0.1, 0.15) is 16.4 Å². The minimum Gasteiger partial charge on any atom is -0.502 e. The first-order valence-corrected chi connectivity index (χ1v) is 11.2. The molecule has 0 aliphatic carbocycles. The smallest absolute Gasteiger partial charge is 0.502 e. The topological polar surface area (TPSA) is 194 Å². The van der Waals surface area contributed by atoms with Crippen molar-refractivity contribution in [1.29, 1.82) is 0 Å². The van der Waals surface area contributed by atoms with Crippen LogP contribution in [0, 0.1) is 20.2 Å². The number of hydrogen-bond acceptors (Lipinski definition) is 9. The minimum absolute atomic E-state index is 0. The number of aryl methyl sites for hydroxylation is 1. The fourth-order valence-corrected chi connectivity index (χ4v) is 3.53. The van der Waals surface area contributed by atoms with E-state index in [0.717, 1.165) is 48.1 Å². The van der Waals surface area contributed by atoms with Crippen molar-refractivity contribution < 1.29 is 69.6 Å². The van der Waals surface area contributed by atoms with E-state index < -0.39 is 19.9 Å². The van der Waals surface area contributed by atoms with Gasteiger partial charge in [-0.1, -0.05) is 18.4 Å². The Morgan fingerprint density at radius 1 is 1.00 bits per heavy atom. The van der Waals surface area contributed by atoms with Crippen LogP contribution in [0.15, 0.2) is 75.2 Å². The molecule has 2 aromatic carbocycles. The third-order valence-corrected chi connectivity index (χ3v) is 5.61. The van der Waals surface area contributed by atoms with E-state index in [2.05, 4.69) is 25.4 Å². The molecular weight excluding hydrogens is 509 g/mol. The van der Waals surface area contributed by atoms with Crippen LogP contribution in [0.2, 0.25) is 0 Å². The van der Waals surface area contributed by atoms with E-state index in [1.165, 1.54) is 28.9 Å². The zero-order chi connectivity index (χ0) is 24.7. The molecule has 0 atom stereocenters. The molecule has 0 radical (unpaired) electrons. The Morgan fingerprint density at radius 3 is 2.11 bits per heavy atom. The molecule has 1 aromatic heterocycles. The van der Waals surface area contributed by atoms with Crippen LogP contribution in [0.1, 0.15) is 19.8 Å². The van der Waals surface area contributed by atoms with E-state index in [-0.39, 0.29) is 79.0 Å². The normalized spacial score (nSPS) is 11.9. The van der Waals surface area contributed by atoms with Crippen LogP contribution in [0.25, 0.3) is 4.83 Å². The molecule has 0 spiro atoms. The molecule has 35 heavy (non-hydrogen) atoms. The Hall–Kier alpha value is -2.83.